The molecule has 116 valence electrons. The van der Waals surface area contributed by atoms with E-state index in [0.29, 0.717) is 19.0 Å². The fourth-order valence-corrected chi connectivity index (χ4v) is 2.95. The molecule has 1 aromatic heterocycles. The van der Waals surface area contributed by atoms with Crippen molar-refractivity contribution in [2.45, 2.75) is 19.4 Å². The molecule has 0 fully saturated rings. The number of benzene rings is 1. The Balaban J connectivity index is 1.81. The fourth-order valence-electron chi connectivity index (χ4n) is 2.28. The van der Waals surface area contributed by atoms with Gasteiger partial charge < -0.3 is 19.2 Å². The van der Waals surface area contributed by atoms with E-state index in [9.17, 15) is 4.79 Å². The maximum absolute atomic E-state index is 12.1. The van der Waals surface area contributed by atoms with Crippen molar-refractivity contribution in [3.05, 3.63) is 46.3 Å². The van der Waals surface area contributed by atoms with Gasteiger partial charge in [0.15, 0.2) is 17.3 Å². The maximum atomic E-state index is 12.1. The second-order valence-electron chi connectivity index (χ2n) is 5.04. The fraction of sp³-hybridized carbons (Fsp3) is 0.312. The molecule has 0 aliphatic carbocycles. The largest absolute Gasteiger partial charge is 0.490 e. The monoisotopic (exact) mass is 365 g/mol. The molecule has 1 N–H and O–H groups in total. The van der Waals surface area contributed by atoms with E-state index in [-0.39, 0.29) is 17.7 Å². The minimum absolute atomic E-state index is 0.205. The van der Waals surface area contributed by atoms with Crippen LogP contribution in [-0.4, -0.2) is 19.1 Å². The first-order valence-electron chi connectivity index (χ1n) is 7.08. The second-order valence-corrected chi connectivity index (χ2v) is 5.90. The van der Waals surface area contributed by atoms with E-state index in [1.807, 2.05) is 19.1 Å². The molecule has 0 saturated carbocycles. The standard InChI is InChI=1S/C16H16BrNO4/c1-10(18-16(19)13-4-2-5-20-13)11-8-14-15(9-12(11)17)22-7-3-6-21-14/h2,4-5,8-10H,3,6-7H2,1H3,(H,18,19)/t10-/m1/s1. The number of rotatable bonds is 3. The molecule has 0 unspecified atom stereocenters. The number of furan rings is 1. The molecule has 0 radical (unpaired) electrons. The Labute approximate surface area is 136 Å². The average molecular weight is 366 g/mol. The van der Waals surface area contributed by atoms with Crippen molar-refractivity contribution in [1.29, 1.82) is 0 Å². The van der Waals surface area contributed by atoms with Crippen LogP contribution in [0.3, 0.4) is 0 Å². The zero-order valence-corrected chi connectivity index (χ0v) is 13.7. The lowest BCUT2D eigenvalue weighted by molar-refractivity contribution is 0.0911. The second kappa shape index (κ2) is 6.44. The van der Waals surface area contributed by atoms with Crippen molar-refractivity contribution in [2.24, 2.45) is 0 Å². The van der Waals surface area contributed by atoms with Crippen LogP contribution in [0.25, 0.3) is 0 Å². The molecule has 3 rings (SSSR count). The first-order chi connectivity index (χ1) is 10.6. The third-order valence-corrected chi connectivity index (χ3v) is 4.11. The third kappa shape index (κ3) is 3.11. The van der Waals surface area contributed by atoms with E-state index >= 15 is 0 Å². The van der Waals surface area contributed by atoms with Crippen LogP contribution in [0, 0.1) is 0 Å². The minimum Gasteiger partial charge on any atom is -0.490 e. The Kier molecular flexibility index (Phi) is 4.38. The van der Waals surface area contributed by atoms with Gasteiger partial charge >= 0.3 is 0 Å². The van der Waals surface area contributed by atoms with Crippen LogP contribution in [0.4, 0.5) is 0 Å². The first kappa shape index (κ1) is 15.0. The summed E-state index contributed by atoms with van der Waals surface area (Å²) in [5.41, 5.74) is 0.921. The summed E-state index contributed by atoms with van der Waals surface area (Å²) in [6.07, 6.45) is 2.33. The van der Waals surface area contributed by atoms with E-state index in [1.54, 1.807) is 12.1 Å². The normalized spacial score (nSPS) is 15.0. The predicted molar refractivity (Wildman–Crippen MR) is 84.3 cm³/mol. The van der Waals surface area contributed by atoms with Gasteiger partial charge in [0, 0.05) is 10.9 Å². The van der Waals surface area contributed by atoms with Gasteiger partial charge in [-0.1, -0.05) is 15.9 Å². The zero-order valence-electron chi connectivity index (χ0n) is 12.1. The Hall–Kier alpha value is -1.95. The maximum Gasteiger partial charge on any atom is 0.287 e. The molecule has 1 atom stereocenters. The first-order valence-corrected chi connectivity index (χ1v) is 7.88. The van der Waals surface area contributed by atoms with Crippen LogP contribution >= 0.6 is 15.9 Å². The van der Waals surface area contributed by atoms with Gasteiger partial charge in [-0.2, -0.15) is 0 Å². The number of halogens is 1. The topological polar surface area (TPSA) is 60.7 Å². The Morgan fingerprint density at radius 2 is 2.00 bits per heavy atom. The average Bonchev–Trinajstić information content (AvgIpc) is 2.94. The summed E-state index contributed by atoms with van der Waals surface area (Å²) in [5.74, 6) is 1.46. The smallest absolute Gasteiger partial charge is 0.287 e. The number of fused-ring (bicyclic) bond motifs is 1. The molecule has 1 amide bonds. The Morgan fingerprint density at radius 1 is 1.27 bits per heavy atom. The molecular weight excluding hydrogens is 350 g/mol. The lowest BCUT2D eigenvalue weighted by Gasteiger charge is -2.17. The van der Waals surface area contributed by atoms with Gasteiger partial charge in [-0.25, -0.2) is 0 Å². The van der Waals surface area contributed by atoms with Crippen LogP contribution in [0.15, 0.2) is 39.4 Å². The summed E-state index contributed by atoms with van der Waals surface area (Å²) in [6.45, 7) is 3.18. The Morgan fingerprint density at radius 3 is 2.68 bits per heavy atom. The number of nitrogens with one attached hydrogen (secondary N) is 1. The molecule has 5 nitrogen and oxygen atoms in total. The van der Waals surface area contributed by atoms with E-state index in [4.69, 9.17) is 13.9 Å². The number of hydrogen-bond donors (Lipinski definition) is 1. The lowest BCUT2D eigenvalue weighted by atomic mass is 10.1. The van der Waals surface area contributed by atoms with Crippen molar-refractivity contribution in [2.75, 3.05) is 13.2 Å². The quantitative estimate of drug-likeness (QED) is 0.900. The molecule has 1 aliphatic rings. The number of ether oxygens (including phenoxy) is 2. The van der Waals surface area contributed by atoms with Crippen molar-refractivity contribution >= 4 is 21.8 Å². The predicted octanol–water partition coefficient (Wildman–Crippen LogP) is 3.69. The van der Waals surface area contributed by atoms with E-state index < -0.39 is 0 Å². The van der Waals surface area contributed by atoms with Gasteiger partial charge in [0.1, 0.15) is 0 Å². The van der Waals surface area contributed by atoms with Crippen molar-refractivity contribution in [3.8, 4) is 11.5 Å². The highest BCUT2D eigenvalue weighted by molar-refractivity contribution is 9.10. The van der Waals surface area contributed by atoms with Gasteiger partial charge in [0.25, 0.3) is 5.91 Å². The van der Waals surface area contributed by atoms with Crippen molar-refractivity contribution in [1.82, 2.24) is 5.32 Å². The molecule has 2 aromatic rings. The van der Waals surface area contributed by atoms with Crippen LogP contribution < -0.4 is 14.8 Å². The van der Waals surface area contributed by atoms with Gasteiger partial charge in [0.2, 0.25) is 0 Å². The highest BCUT2D eigenvalue weighted by atomic mass is 79.9. The molecule has 0 bridgehead atoms. The highest BCUT2D eigenvalue weighted by Gasteiger charge is 2.19. The molecule has 2 heterocycles. The van der Waals surface area contributed by atoms with Crippen LogP contribution in [0.5, 0.6) is 11.5 Å². The molecule has 0 spiro atoms. The highest BCUT2D eigenvalue weighted by Crippen LogP contribution is 2.37. The number of carbonyl (C=O) groups is 1. The van der Waals surface area contributed by atoms with Gasteiger partial charge in [-0.15, -0.1) is 0 Å². The summed E-state index contributed by atoms with van der Waals surface area (Å²) >= 11 is 3.53. The molecule has 1 aromatic carbocycles. The van der Waals surface area contributed by atoms with E-state index in [1.165, 1.54) is 6.26 Å². The van der Waals surface area contributed by atoms with Gasteiger partial charge in [0.05, 0.1) is 25.5 Å². The molecule has 6 heteroatoms. The van der Waals surface area contributed by atoms with Gasteiger partial charge in [-0.3, -0.25) is 4.79 Å². The van der Waals surface area contributed by atoms with Crippen LogP contribution in [0.2, 0.25) is 0 Å². The van der Waals surface area contributed by atoms with Crippen LogP contribution in [0.1, 0.15) is 35.5 Å². The van der Waals surface area contributed by atoms with Crippen molar-refractivity contribution < 1.29 is 18.7 Å². The number of hydrogen-bond acceptors (Lipinski definition) is 4. The summed E-state index contributed by atoms with van der Waals surface area (Å²) in [5, 5.41) is 2.90. The SMILES string of the molecule is C[C@@H](NC(=O)c1ccco1)c1cc2c(cc1Br)OCCCO2. The third-order valence-electron chi connectivity index (χ3n) is 3.43. The molecule has 0 saturated heterocycles. The molecule has 22 heavy (non-hydrogen) atoms. The molecular formula is C16H16BrNO4. The van der Waals surface area contributed by atoms with Crippen molar-refractivity contribution in [3.63, 3.8) is 0 Å². The summed E-state index contributed by atoms with van der Waals surface area (Å²) in [7, 11) is 0. The number of carbonyl (C=O) groups excluding carboxylic acids is 1. The summed E-state index contributed by atoms with van der Waals surface area (Å²) in [4.78, 5) is 12.1. The van der Waals surface area contributed by atoms with E-state index in [0.717, 1.165) is 22.2 Å². The zero-order chi connectivity index (χ0) is 15.5. The van der Waals surface area contributed by atoms with Crippen LogP contribution in [-0.2, 0) is 0 Å². The summed E-state index contributed by atoms with van der Waals surface area (Å²) < 4.78 is 17.3. The van der Waals surface area contributed by atoms with Gasteiger partial charge in [-0.05, 0) is 36.8 Å². The lowest BCUT2D eigenvalue weighted by Crippen LogP contribution is -2.26. The minimum atomic E-state index is -0.253. The number of amides is 1. The van der Waals surface area contributed by atoms with E-state index in [2.05, 4.69) is 21.2 Å². The molecule has 1 aliphatic heterocycles. The summed E-state index contributed by atoms with van der Waals surface area (Å²) in [6, 6.07) is 6.89. The Bertz CT molecular complexity index is 669.